The van der Waals surface area contributed by atoms with E-state index in [1.54, 1.807) is 0 Å². The number of sulfonamides is 1. The second kappa shape index (κ2) is 8.19. The van der Waals surface area contributed by atoms with Crippen molar-refractivity contribution in [1.82, 2.24) is 4.31 Å². The van der Waals surface area contributed by atoms with Gasteiger partial charge in [0.05, 0.1) is 15.5 Å². The fourth-order valence-corrected chi connectivity index (χ4v) is 5.50. The lowest BCUT2D eigenvalue weighted by molar-refractivity contribution is 0.102. The molecule has 1 aliphatic rings. The first-order valence-corrected chi connectivity index (χ1v) is 10.9. The molecule has 8 heteroatoms. The van der Waals surface area contributed by atoms with Crippen molar-refractivity contribution in [3.05, 3.63) is 58.9 Å². The molecule has 1 amide bonds. The molecule has 0 radical (unpaired) electrons. The molecule has 1 saturated heterocycles. The lowest BCUT2D eigenvalue weighted by Gasteiger charge is -2.34. The summed E-state index contributed by atoms with van der Waals surface area (Å²) >= 11 is 5.90. The second-order valence-corrected chi connectivity index (χ2v) is 9.69. The average molecular weight is 425 g/mol. The third-order valence-electron chi connectivity index (χ3n) is 4.78. The first-order chi connectivity index (χ1) is 13.2. The number of hydrogen-bond donors (Lipinski definition) is 1. The first kappa shape index (κ1) is 20.8. The van der Waals surface area contributed by atoms with E-state index in [0.717, 1.165) is 12.5 Å². The minimum absolute atomic E-state index is 0.00466. The first-order valence-electron chi connectivity index (χ1n) is 9.04. The number of carbonyl (C=O) groups excluding carboxylic acids is 1. The van der Waals surface area contributed by atoms with Crippen LogP contribution in [0.3, 0.4) is 0 Å². The van der Waals surface area contributed by atoms with Gasteiger partial charge in [0.2, 0.25) is 10.0 Å². The van der Waals surface area contributed by atoms with E-state index in [1.807, 2.05) is 13.8 Å². The highest BCUT2D eigenvalue weighted by Crippen LogP contribution is 2.27. The van der Waals surface area contributed by atoms with Crippen molar-refractivity contribution in [2.24, 2.45) is 11.8 Å². The molecule has 0 aromatic heterocycles. The van der Waals surface area contributed by atoms with E-state index in [0.29, 0.717) is 30.6 Å². The molecule has 1 heterocycles. The molecule has 0 spiro atoms. The maximum Gasteiger partial charge on any atom is 0.260 e. The van der Waals surface area contributed by atoms with Crippen molar-refractivity contribution in [3.8, 4) is 0 Å². The Balaban J connectivity index is 1.77. The summed E-state index contributed by atoms with van der Waals surface area (Å²) in [6.07, 6.45) is 1.01. The average Bonchev–Trinajstić information content (AvgIpc) is 2.61. The third kappa shape index (κ3) is 4.37. The number of piperidine rings is 1. The molecule has 2 aromatic rings. The molecule has 5 nitrogen and oxygen atoms in total. The van der Waals surface area contributed by atoms with Gasteiger partial charge in [0.1, 0.15) is 5.82 Å². The summed E-state index contributed by atoms with van der Waals surface area (Å²) in [5.41, 5.74) is 0.0980. The predicted molar refractivity (Wildman–Crippen MR) is 108 cm³/mol. The van der Waals surface area contributed by atoms with Gasteiger partial charge in [0.15, 0.2) is 0 Å². The molecule has 2 unspecified atom stereocenters. The molecule has 0 bridgehead atoms. The lowest BCUT2D eigenvalue weighted by Crippen LogP contribution is -2.42. The molecule has 2 aromatic carbocycles. The summed E-state index contributed by atoms with van der Waals surface area (Å²) in [4.78, 5) is 12.5. The number of rotatable bonds is 4. The van der Waals surface area contributed by atoms with Crippen molar-refractivity contribution in [2.75, 3.05) is 18.4 Å². The number of carbonyl (C=O) groups is 1. The van der Waals surface area contributed by atoms with Crippen molar-refractivity contribution in [2.45, 2.75) is 25.2 Å². The van der Waals surface area contributed by atoms with Crippen LogP contribution in [0, 0.1) is 17.7 Å². The van der Waals surface area contributed by atoms with E-state index in [-0.39, 0.29) is 15.5 Å². The number of hydrogen-bond acceptors (Lipinski definition) is 3. The van der Waals surface area contributed by atoms with E-state index in [9.17, 15) is 17.6 Å². The molecule has 28 heavy (non-hydrogen) atoms. The Kier molecular flexibility index (Phi) is 6.07. The summed E-state index contributed by atoms with van der Waals surface area (Å²) in [7, 11) is -3.60. The largest absolute Gasteiger partial charge is 0.322 e. The molecule has 150 valence electrons. The van der Waals surface area contributed by atoms with Gasteiger partial charge in [-0.05, 0) is 54.7 Å². The van der Waals surface area contributed by atoms with Crippen LogP contribution in [0.4, 0.5) is 10.1 Å². The fraction of sp³-hybridized carbons (Fsp3) is 0.350. The molecule has 1 fully saturated rings. The number of halogens is 2. The van der Waals surface area contributed by atoms with E-state index in [2.05, 4.69) is 5.32 Å². The normalized spacial score (nSPS) is 20.7. The van der Waals surface area contributed by atoms with Crippen molar-refractivity contribution in [1.29, 1.82) is 0 Å². The number of anilines is 1. The van der Waals surface area contributed by atoms with Gasteiger partial charge in [-0.2, -0.15) is 4.31 Å². The Morgan fingerprint density at radius 1 is 1.11 bits per heavy atom. The van der Waals surface area contributed by atoms with Crippen LogP contribution in [-0.2, 0) is 10.0 Å². The zero-order valence-corrected chi connectivity index (χ0v) is 17.2. The highest BCUT2D eigenvalue weighted by molar-refractivity contribution is 7.89. The SMILES string of the molecule is CC1CC(C)CN(S(=O)(=O)c2ccc(NC(=O)c3c(F)cccc3Cl)cc2)C1. The third-order valence-corrected chi connectivity index (χ3v) is 6.94. The van der Waals surface area contributed by atoms with Gasteiger partial charge in [0.25, 0.3) is 5.91 Å². The summed E-state index contributed by atoms with van der Waals surface area (Å²) in [6.45, 7) is 5.09. The molecule has 0 aliphatic carbocycles. The van der Waals surface area contributed by atoms with E-state index >= 15 is 0 Å². The van der Waals surface area contributed by atoms with E-state index in [4.69, 9.17) is 11.6 Å². The zero-order chi connectivity index (χ0) is 20.5. The van der Waals surface area contributed by atoms with Gasteiger partial charge >= 0.3 is 0 Å². The van der Waals surface area contributed by atoms with Gasteiger partial charge < -0.3 is 5.32 Å². The highest BCUT2D eigenvalue weighted by Gasteiger charge is 2.31. The molecule has 1 aliphatic heterocycles. The quantitative estimate of drug-likeness (QED) is 0.791. The number of benzene rings is 2. The van der Waals surface area contributed by atoms with Crippen LogP contribution in [0.25, 0.3) is 0 Å². The molecular formula is C20H22ClFN2O3S. The number of amides is 1. The Hall–Kier alpha value is -1.96. The van der Waals surface area contributed by atoms with Crippen LogP contribution in [0.5, 0.6) is 0 Å². The summed E-state index contributed by atoms with van der Waals surface area (Å²) < 4.78 is 41.2. The van der Waals surface area contributed by atoms with Crippen LogP contribution in [0.15, 0.2) is 47.4 Å². The molecular weight excluding hydrogens is 403 g/mol. The molecule has 3 rings (SSSR count). The van der Waals surface area contributed by atoms with Gasteiger partial charge in [-0.1, -0.05) is 31.5 Å². The van der Waals surface area contributed by atoms with Crippen LogP contribution >= 0.6 is 11.6 Å². The number of nitrogens with one attached hydrogen (secondary N) is 1. The van der Waals surface area contributed by atoms with E-state index < -0.39 is 21.7 Å². The van der Waals surface area contributed by atoms with Crippen LogP contribution < -0.4 is 5.32 Å². The van der Waals surface area contributed by atoms with Gasteiger partial charge in [-0.25, -0.2) is 12.8 Å². The number of nitrogens with zero attached hydrogens (tertiary/aromatic N) is 1. The van der Waals surface area contributed by atoms with Gasteiger partial charge in [-0.15, -0.1) is 0 Å². The highest BCUT2D eigenvalue weighted by atomic mass is 35.5. The Morgan fingerprint density at radius 2 is 1.71 bits per heavy atom. The molecule has 0 saturated carbocycles. The maximum atomic E-state index is 13.9. The van der Waals surface area contributed by atoms with Crippen molar-refractivity contribution in [3.63, 3.8) is 0 Å². The topological polar surface area (TPSA) is 66.5 Å². The minimum Gasteiger partial charge on any atom is -0.322 e. The summed E-state index contributed by atoms with van der Waals surface area (Å²) in [5, 5.41) is 2.55. The second-order valence-electron chi connectivity index (χ2n) is 7.34. The Morgan fingerprint density at radius 3 is 2.29 bits per heavy atom. The summed E-state index contributed by atoms with van der Waals surface area (Å²) in [5.74, 6) is -0.805. The predicted octanol–water partition coefficient (Wildman–Crippen LogP) is 4.40. The lowest BCUT2D eigenvalue weighted by atomic mass is 9.94. The van der Waals surface area contributed by atoms with Crippen LogP contribution in [0.1, 0.15) is 30.6 Å². The zero-order valence-electron chi connectivity index (χ0n) is 15.7. The van der Waals surface area contributed by atoms with E-state index in [1.165, 1.54) is 40.7 Å². The Bertz CT molecular complexity index is 949. The standard InChI is InChI=1S/C20H22ClFN2O3S/c1-13-10-14(2)12-24(11-13)28(26,27)16-8-6-15(7-9-16)23-20(25)19-17(21)4-3-5-18(19)22/h3-9,13-14H,10-12H2,1-2H3,(H,23,25). The summed E-state index contributed by atoms with van der Waals surface area (Å²) in [6, 6.07) is 9.84. The molecule has 1 N–H and O–H groups in total. The maximum absolute atomic E-state index is 13.9. The molecule has 2 atom stereocenters. The van der Waals surface area contributed by atoms with Gasteiger partial charge in [-0.3, -0.25) is 4.79 Å². The van der Waals surface area contributed by atoms with Crippen molar-refractivity contribution >= 4 is 33.2 Å². The smallest absolute Gasteiger partial charge is 0.260 e. The monoisotopic (exact) mass is 424 g/mol. The van der Waals surface area contributed by atoms with Crippen LogP contribution in [0.2, 0.25) is 5.02 Å². The fourth-order valence-electron chi connectivity index (χ4n) is 3.57. The Labute approximate surface area is 169 Å². The van der Waals surface area contributed by atoms with Crippen molar-refractivity contribution < 1.29 is 17.6 Å². The van der Waals surface area contributed by atoms with Gasteiger partial charge in [0, 0.05) is 18.8 Å². The minimum atomic E-state index is -3.60. The van der Waals surface area contributed by atoms with Crippen LogP contribution in [-0.4, -0.2) is 31.7 Å².